The van der Waals surface area contributed by atoms with Crippen LogP contribution in [0.25, 0.3) is 0 Å². The van der Waals surface area contributed by atoms with Crippen molar-refractivity contribution in [1.29, 1.82) is 0 Å². The third-order valence-corrected chi connectivity index (χ3v) is 5.06. The zero-order chi connectivity index (χ0) is 18.5. The van der Waals surface area contributed by atoms with Crippen LogP contribution < -0.4 is 10.2 Å². The molecule has 5 nitrogen and oxygen atoms in total. The normalized spacial score (nSPS) is 16.3. The van der Waals surface area contributed by atoms with E-state index in [9.17, 15) is 9.90 Å². The van der Waals surface area contributed by atoms with Gasteiger partial charge in [0.15, 0.2) is 0 Å². The molecule has 2 N–H and O–H groups in total. The van der Waals surface area contributed by atoms with E-state index in [1.54, 1.807) is 6.07 Å². The van der Waals surface area contributed by atoms with Crippen molar-refractivity contribution in [3.05, 3.63) is 59.1 Å². The van der Waals surface area contributed by atoms with Crippen molar-refractivity contribution in [3.63, 3.8) is 0 Å². The van der Waals surface area contributed by atoms with E-state index < -0.39 is 0 Å². The summed E-state index contributed by atoms with van der Waals surface area (Å²) in [6.07, 6.45) is 0. The molecule has 0 bridgehead atoms. The van der Waals surface area contributed by atoms with Crippen LogP contribution in [0.3, 0.4) is 0 Å². The Labute approximate surface area is 159 Å². The Kier molecular flexibility index (Phi) is 6.01. The average molecular weight is 374 g/mol. The molecule has 2 aromatic carbocycles. The number of aromatic hydroxyl groups is 1. The van der Waals surface area contributed by atoms with Gasteiger partial charge in [-0.25, -0.2) is 0 Å². The van der Waals surface area contributed by atoms with Gasteiger partial charge < -0.3 is 15.3 Å². The summed E-state index contributed by atoms with van der Waals surface area (Å²) in [5, 5.41) is 13.7. The van der Waals surface area contributed by atoms with E-state index in [-0.39, 0.29) is 11.9 Å². The molecule has 1 aliphatic rings. The molecule has 0 saturated carbocycles. The quantitative estimate of drug-likeness (QED) is 0.845. The fourth-order valence-corrected chi connectivity index (χ4v) is 3.57. The Bertz CT molecular complexity index is 760. The summed E-state index contributed by atoms with van der Waals surface area (Å²) in [5.74, 6) is 0.292. The summed E-state index contributed by atoms with van der Waals surface area (Å²) < 4.78 is 0. The number of nitrogens with zero attached hydrogens (tertiary/aromatic N) is 2. The number of hydrogen-bond donors (Lipinski definition) is 2. The smallest absolute Gasteiger partial charge is 0.234 e. The molecule has 0 aromatic heterocycles. The number of anilines is 1. The third-order valence-electron chi connectivity index (χ3n) is 4.71. The molecule has 1 atom stereocenters. The summed E-state index contributed by atoms with van der Waals surface area (Å²) in [5.41, 5.74) is 1.77. The fourth-order valence-electron chi connectivity index (χ4n) is 3.27. The number of carbonyl (C=O) groups is 1. The lowest BCUT2D eigenvalue weighted by Gasteiger charge is -2.36. The van der Waals surface area contributed by atoms with E-state index in [0.717, 1.165) is 37.4 Å². The van der Waals surface area contributed by atoms with Gasteiger partial charge in [-0.3, -0.25) is 9.69 Å². The Balaban J connectivity index is 1.49. The lowest BCUT2D eigenvalue weighted by Crippen LogP contribution is -2.49. The average Bonchev–Trinajstić information content (AvgIpc) is 2.63. The summed E-state index contributed by atoms with van der Waals surface area (Å²) >= 11 is 6.19. The van der Waals surface area contributed by atoms with Crippen molar-refractivity contribution in [2.45, 2.75) is 13.0 Å². The number of phenolic OH excluding ortho intramolecular Hbond substituents is 1. The van der Waals surface area contributed by atoms with Gasteiger partial charge in [-0.2, -0.15) is 0 Å². The van der Waals surface area contributed by atoms with E-state index in [4.69, 9.17) is 11.6 Å². The van der Waals surface area contributed by atoms with Crippen LogP contribution in [0.15, 0.2) is 48.5 Å². The summed E-state index contributed by atoms with van der Waals surface area (Å²) in [7, 11) is 0. The lowest BCUT2D eigenvalue weighted by atomic mass is 10.1. The van der Waals surface area contributed by atoms with Gasteiger partial charge in [0.25, 0.3) is 0 Å². The number of benzene rings is 2. The minimum absolute atomic E-state index is 0.00609. The molecule has 1 amide bonds. The number of halogens is 1. The molecular weight excluding hydrogens is 350 g/mol. The van der Waals surface area contributed by atoms with E-state index in [2.05, 4.69) is 15.1 Å². The van der Waals surface area contributed by atoms with E-state index in [1.165, 1.54) is 0 Å². The van der Waals surface area contributed by atoms with Crippen molar-refractivity contribution < 1.29 is 9.90 Å². The maximum absolute atomic E-state index is 12.4. The summed E-state index contributed by atoms with van der Waals surface area (Å²) in [6, 6.07) is 14.8. The summed E-state index contributed by atoms with van der Waals surface area (Å²) in [4.78, 5) is 16.6. The number of carbonyl (C=O) groups excluding carboxylic acids is 1. The third kappa shape index (κ3) is 4.48. The van der Waals surface area contributed by atoms with Gasteiger partial charge in [-0.1, -0.05) is 41.9 Å². The topological polar surface area (TPSA) is 55.8 Å². The SMILES string of the molecule is C[C@@H](NC(=O)CN1CCN(c2ccccc2O)CC1)c1ccccc1Cl. The molecule has 0 spiro atoms. The highest BCUT2D eigenvalue weighted by Crippen LogP contribution is 2.27. The predicted octanol–water partition coefficient (Wildman–Crippen LogP) is 3.05. The molecular formula is C20H24ClN3O2. The van der Waals surface area contributed by atoms with E-state index in [0.29, 0.717) is 17.3 Å². The number of piperazine rings is 1. The lowest BCUT2D eigenvalue weighted by molar-refractivity contribution is -0.123. The minimum atomic E-state index is -0.126. The molecule has 26 heavy (non-hydrogen) atoms. The van der Waals surface area contributed by atoms with Gasteiger partial charge in [-0.15, -0.1) is 0 Å². The van der Waals surface area contributed by atoms with Crippen LogP contribution in [0.5, 0.6) is 5.75 Å². The van der Waals surface area contributed by atoms with Crippen LogP contribution >= 0.6 is 11.6 Å². The number of phenols is 1. The van der Waals surface area contributed by atoms with Gasteiger partial charge in [-0.05, 0) is 30.7 Å². The van der Waals surface area contributed by atoms with Crippen LogP contribution in [-0.4, -0.2) is 48.6 Å². The predicted molar refractivity (Wildman–Crippen MR) is 105 cm³/mol. The molecule has 1 aliphatic heterocycles. The van der Waals surface area contributed by atoms with Crippen molar-refractivity contribution in [3.8, 4) is 5.75 Å². The molecule has 0 unspecified atom stereocenters. The number of para-hydroxylation sites is 2. The van der Waals surface area contributed by atoms with Crippen LogP contribution in [-0.2, 0) is 4.79 Å². The van der Waals surface area contributed by atoms with Crippen LogP contribution in [0.2, 0.25) is 5.02 Å². The Morgan fingerprint density at radius 1 is 1.12 bits per heavy atom. The van der Waals surface area contributed by atoms with Crippen molar-refractivity contribution in [1.82, 2.24) is 10.2 Å². The van der Waals surface area contributed by atoms with Crippen molar-refractivity contribution in [2.75, 3.05) is 37.6 Å². The summed E-state index contributed by atoms with van der Waals surface area (Å²) in [6.45, 7) is 5.43. The van der Waals surface area contributed by atoms with Gasteiger partial charge in [0.2, 0.25) is 5.91 Å². The Hall–Kier alpha value is -2.24. The second-order valence-electron chi connectivity index (χ2n) is 6.56. The Morgan fingerprint density at radius 3 is 2.46 bits per heavy atom. The molecule has 138 valence electrons. The maximum atomic E-state index is 12.4. The number of amides is 1. The second kappa shape index (κ2) is 8.43. The first-order chi connectivity index (χ1) is 12.5. The second-order valence-corrected chi connectivity index (χ2v) is 6.97. The molecule has 0 aliphatic carbocycles. The molecule has 6 heteroatoms. The molecule has 1 saturated heterocycles. The van der Waals surface area contributed by atoms with Crippen LogP contribution in [0, 0.1) is 0 Å². The zero-order valence-corrected chi connectivity index (χ0v) is 15.6. The number of nitrogens with one attached hydrogen (secondary N) is 1. The first kappa shape index (κ1) is 18.5. The Morgan fingerprint density at radius 2 is 1.77 bits per heavy atom. The largest absolute Gasteiger partial charge is 0.506 e. The van der Waals surface area contributed by atoms with Gasteiger partial charge >= 0.3 is 0 Å². The van der Waals surface area contributed by atoms with Crippen molar-refractivity contribution >= 4 is 23.2 Å². The highest BCUT2D eigenvalue weighted by molar-refractivity contribution is 6.31. The standard InChI is InChI=1S/C20H24ClN3O2/c1-15(16-6-2-3-7-17(16)21)22-20(26)14-23-10-12-24(13-11-23)18-8-4-5-9-19(18)25/h2-9,15,25H,10-14H2,1H3,(H,22,26)/t15-/m1/s1. The van der Waals surface area contributed by atoms with E-state index >= 15 is 0 Å². The highest BCUT2D eigenvalue weighted by atomic mass is 35.5. The minimum Gasteiger partial charge on any atom is -0.506 e. The van der Waals surface area contributed by atoms with Crippen molar-refractivity contribution in [2.24, 2.45) is 0 Å². The first-order valence-electron chi connectivity index (χ1n) is 8.83. The molecule has 3 rings (SSSR count). The maximum Gasteiger partial charge on any atom is 0.234 e. The fraction of sp³-hybridized carbons (Fsp3) is 0.350. The highest BCUT2D eigenvalue weighted by Gasteiger charge is 2.21. The van der Waals surface area contributed by atoms with Crippen LogP contribution in [0.1, 0.15) is 18.5 Å². The van der Waals surface area contributed by atoms with E-state index in [1.807, 2.05) is 49.4 Å². The molecule has 0 radical (unpaired) electrons. The molecule has 1 heterocycles. The molecule has 1 fully saturated rings. The number of hydrogen-bond acceptors (Lipinski definition) is 4. The monoisotopic (exact) mass is 373 g/mol. The molecule has 2 aromatic rings. The zero-order valence-electron chi connectivity index (χ0n) is 14.9. The van der Waals surface area contributed by atoms with Gasteiger partial charge in [0, 0.05) is 31.2 Å². The van der Waals surface area contributed by atoms with Crippen LogP contribution in [0.4, 0.5) is 5.69 Å². The first-order valence-corrected chi connectivity index (χ1v) is 9.21. The van der Waals surface area contributed by atoms with Gasteiger partial charge in [0.05, 0.1) is 18.3 Å². The van der Waals surface area contributed by atoms with Gasteiger partial charge in [0.1, 0.15) is 5.75 Å². The number of rotatable bonds is 5.